The van der Waals surface area contributed by atoms with Crippen molar-refractivity contribution in [2.45, 2.75) is 39.2 Å². The van der Waals surface area contributed by atoms with Gasteiger partial charge in [0.05, 0.1) is 0 Å². The van der Waals surface area contributed by atoms with Gasteiger partial charge in [0.2, 0.25) is 0 Å². The Bertz CT molecular complexity index is 606. The quantitative estimate of drug-likeness (QED) is 0.817. The molecule has 3 heteroatoms. The van der Waals surface area contributed by atoms with Gasteiger partial charge in [0.15, 0.2) is 0 Å². The molecule has 1 nitrogen and oxygen atoms in total. The van der Waals surface area contributed by atoms with E-state index in [1.165, 1.54) is 30.2 Å². The fourth-order valence-corrected chi connectivity index (χ4v) is 4.49. The molecule has 0 spiro atoms. The summed E-state index contributed by atoms with van der Waals surface area (Å²) in [5, 5.41) is 0.984. The fraction of sp³-hybridized carbons (Fsp3) is 0.529. The highest BCUT2D eigenvalue weighted by molar-refractivity contribution is 7.19. The van der Waals surface area contributed by atoms with E-state index in [4.69, 9.17) is 5.73 Å². The minimum Gasteiger partial charge on any atom is -0.323 e. The Balaban J connectivity index is 1.83. The van der Waals surface area contributed by atoms with E-state index in [1.54, 1.807) is 17.4 Å². The minimum atomic E-state index is -0.171. The predicted molar refractivity (Wildman–Crippen MR) is 84.4 cm³/mol. The number of halogens is 1. The van der Waals surface area contributed by atoms with Gasteiger partial charge in [-0.25, -0.2) is 4.39 Å². The molecule has 0 radical (unpaired) electrons. The summed E-state index contributed by atoms with van der Waals surface area (Å²) in [7, 11) is 0. The number of hydrogen-bond donors (Lipinski definition) is 1. The van der Waals surface area contributed by atoms with Crippen molar-refractivity contribution in [1.82, 2.24) is 0 Å². The Hall–Kier alpha value is -0.930. The highest BCUT2D eigenvalue weighted by Gasteiger charge is 2.29. The molecule has 1 aromatic heterocycles. The van der Waals surface area contributed by atoms with Gasteiger partial charge >= 0.3 is 0 Å². The summed E-state index contributed by atoms with van der Waals surface area (Å²) in [5.41, 5.74) is 6.50. The van der Waals surface area contributed by atoms with Crippen LogP contribution in [0.25, 0.3) is 10.1 Å². The van der Waals surface area contributed by atoms with Crippen molar-refractivity contribution in [3.05, 3.63) is 35.0 Å². The average molecular weight is 291 g/mol. The molecule has 2 aromatic rings. The van der Waals surface area contributed by atoms with Crippen LogP contribution in [0.4, 0.5) is 4.39 Å². The fourth-order valence-electron chi connectivity index (χ4n) is 3.35. The first-order valence-corrected chi connectivity index (χ1v) is 8.31. The third-order valence-corrected chi connectivity index (χ3v) is 6.19. The van der Waals surface area contributed by atoms with Crippen LogP contribution >= 0.6 is 11.3 Å². The van der Waals surface area contributed by atoms with E-state index < -0.39 is 0 Å². The average Bonchev–Trinajstić information content (AvgIpc) is 2.84. The monoisotopic (exact) mass is 291 g/mol. The molecule has 4 unspecified atom stereocenters. The molecule has 0 aliphatic heterocycles. The topological polar surface area (TPSA) is 26.0 Å². The first-order chi connectivity index (χ1) is 9.54. The van der Waals surface area contributed by atoms with E-state index in [0.717, 1.165) is 21.9 Å². The van der Waals surface area contributed by atoms with Gasteiger partial charge in [0.25, 0.3) is 0 Å². The Morgan fingerprint density at radius 1 is 1.20 bits per heavy atom. The van der Waals surface area contributed by atoms with Gasteiger partial charge in [0.1, 0.15) is 5.82 Å². The summed E-state index contributed by atoms with van der Waals surface area (Å²) in [5.74, 6) is 1.97. The van der Waals surface area contributed by atoms with Crippen LogP contribution in [0.5, 0.6) is 0 Å². The third-order valence-electron chi connectivity index (χ3n) is 4.97. The van der Waals surface area contributed by atoms with Gasteiger partial charge in [-0.15, -0.1) is 11.3 Å². The second-order valence-electron chi connectivity index (χ2n) is 6.38. The molecule has 1 aliphatic rings. The predicted octanol–water partition coefficient (Wildman–Crippen LogP) is 5.11. The highest BCUT2D eigenvalue weighted by Crippen LogP contribution is 2.41. The molecule has 1 fully saturated rings. The highest BCUT2D eigenvalue weighted by atomic mass is 32.1. The first-order valence-electron chi connectivity index (χ1n) is 7.49. The molecule has 1 aliphatic carbocycles. The summed E-state index contributed by atoms with van der Waals surface area (Å²) in [6.07, 6.45) is 3.71. The molecule has 1 aromatic carbocycles. The standard InChI is InChI=1S/C17H22FNS/c1-10-3-4-12(7-11(10)2)17(19)16-9-13-8-14(18)5-6-15(13)20-16/h5-6,8-12,17H,3-4,7,19H2,1-2H3. The maximum atomic E-state index is 13.3. The van der Waals surface area contributed by atoms with Crippen molar-refractivity contribution >= 4 is 21.4 Å². The zero-order valence-corrected chi connectivity index (χ0v) is 12.9. The minimum absolute atomic E-state index is 0.102. The van der Waals surface area contributed by atoms with Crippen LogP contribution in [0, 0.1) is 23.6 Å². The van der Waals surface area contributed by atoms with Crippen molar-refractivity contribution in [3.8, 4) is 0 Å². The summed E-state index contributed by atoms with van der Waals surface area (Å²) >= 11 is 1.72. The van der Waals surface area contributed by atoms with Crippen LogP contribution in [-0.4, -0.2) is 0 Å². The maximum absolute atomic E-state index is 13.3. The first kappa shape index (κ1) is 14.0. The molecular formula is C17H22FNS. The second-order valence-corrected chi connectivity index (χ2v) is 7.50. The number of benzene rings is 1. The van der Waals surface area contributed by atoms with Gasteiger partial charge in [-0.05, 0) is 60.2 Å². The SMILES string of the molecule is CC1CCC(C(N)c2cc3cc(F)ccc3s2)CC1C. The second kappa shape index (κ2) is 5.45. The van der Waals surface area contributed by atoms with Gasteiger partial charge in [-0.2, -0.15) is 0 Å². The third kappa shape index (κ3) is 2.61. The molecule has 4 atom stereocenters. The zero-order chi connectivity index (χ0) is 14.3. The van der Waals surface area contributed by atoms with E-state index in [-0.39, 0.29) is 11.9 Å². The summed E-state index contributed by atoms with van der Waals surface area (Å²) < 4.78 is 14.4. The van der Waals surface area contributed by atoms with Gasteiger partial charge in [0, 0.05) is 15.6 Å². The number of hydrogen-bond acceptors (Lipinski definition) is 2. The van der Waals surface area contributed by atoms with Gasteiger partial charge in [-0.3, -0.25) is 0 Å². The molecule has 108 valence electrons. The molecule has 2 N–H and O–H groups in total. The van der Waals surface area contributed by atoms with Crippen LogP contribution in [0.3, 0.4) is 0 Å². The smallest absolute Gasteiger partial charge is 0.123 e. The zero-order valence-electron chi connectivity index (χ0n) is 12.1. The van der Waals surface area contributed by atoms with Crippen LogP contribution in [-0.2, 0) is 0 Å². The van der Waals surface area contributed by atoms with Crippen molar-refractivity contribution in [2.24, 2.45) is 23.5 Å². The summed E-state index contributed by atoms with van der Waals surface area (Å²) in [4.78, 5) is 1.21. The largest absolute Gasteiger partial charge is 0.323 e. The molecule has 1 heterocycles. The van der Waals surface area contributed by atoms with Crippen LogP contribution in [0.15, 0.2) is 24.3 Å². The lowest BCUT2D eigenvalue weighted by atomic mass is 9.73. The molecule has 3 rings (SSSR count). The molecular weight excluding hydrogens is 269 g/mol. The summed E-state index contributed by atoms with van der Waals surface area (Å²) in [6.45, 7) is 4.68. The van der Waals surface area contributed by atoms with E-state index in [0.29, 0.717) is 5.92 Å². The van der Waals surface area contributed by atoms with Crippen molar-refractivity contribution in [1.29, 1.82) is 0 Å². The summed E-state index contributed by atoms with van der Waals surface area (Å²) in [6, 6.07) is 7.17. The van der Waals surface area contributed by atoms with E-state index in [2.05, 4.69) is 19.9 Å². The number of fused-ring (bicyclic) bond motifs is 1. The van der Waals surface area contributed by atoms with E-state index in [9.17, 15) is 4.39 Å². The Labute approximate surface area is 124 Å². The Morgan fingerprint density at radius 3 is 2.75 bits per heavy atom. The molecule has 0 saturated heterocycles. The van der Waals surface area contributed by atoms with Crippen LogP contribution < -0.4 is 5.73 Å². The number of nitrogens with two attached hydrogens (primary N) is 1. The van der Waals surface area contributed by atoms with Crippen LogP contribution in [0.2, 0.25) is 0 Å². The molecule has 20 heavy (non-hydrogen) atoms. The van der Waals surface area contributed by atoms with Crippen molar-refractivity contribution in [2.75, 3.05) is 0 Å². The lowest BCUT2D eigenvalue weighted by Crippen LogP contribution is -2.28. The van der Waals surface area contributed by atoms with Crippen molar-refractivity contribution < 1.29 is 4.39 Å². The van der Waals surface area contributed by atoms with E-state index in [1.807, 2.05) is 6.07 Å². The molecule has 1 saturated carbocycles. The molecule has 0 amide bonds. The number of rotatable bonds is 2. The molecule has 0 bridgehead atoms. The van der Waals surface area contributed by atoms with Crippen LogP contribution in [0.1, 0.15) is 44.0 Å². The van der Waals surface area contributed by atoms with Crippen molar-refractivity contribution in [3.63, 3.8) is 0 Å². The lowest BCUT2D eigenvalue weighted by Gasteiger charge is -2.34. The number of thiophene rings is 1. The van der Waals surface area contributed by atoms with E-state index >= 15 is 0 Å². The van der Waals surface area contributed by atoms with Gasteiger partial charge in [-0.1, -0.05) is 20.3 Å². The maximum Gasteiger partial charge on any atom is 0.123 e. The van der Waals surface area contributed by atoms with Gasteiger partial charge < -0.3 is 5.73 Å². The normalized spacial score (nSPS) is 28.7. The lowest BCUT2D eigenvalue weighted by molar-refractivity contribution is 0.187. The Kier molecular flexibility index (Phi) is 3.83. The Morgan fingerprint density at radius 2 is 2.00 bits per heavy atom.